The van der Waals surface area contributed by atoms with E-state index in [-0.39, 0.29) is 0 Å². The zero-order valence-corrected chi connectivity index (χ0v) is 17.4. The normalized spacial score (nSPS) is 11.5. The van der Waals surface area contributed by atoms with Crippen LogP contribution in [0.1, 0.15) is 73.8 Å². The monoisotopic (exact) mass is 328 g/mol. The van der Waals surface area contributed by atoms with E-state index in [9.17, 15) is 0 Å². The lowest BCUT2D eigenvalue weighted by Crippen LogP contribution is -2.17. The van der Waals surface area contributed by atoms with E-state index in [4.69, 9.17) is 0 Å². The van der Waals surface area contributed by atoms with Gasteiger partial charge in [0.15, 0.2) is 0 Å². The van der Waals surface area contributed by atoms with E-state index >= 15 is 0 Å². The molecule has 0 atom stereocenters. The van der Waals surface area contributed by atoms with Crippen LogP contribution in [0.25, 0.3) is 5.57 Å². The molecule has 0 aliphatic rings. The molecule has 0 spiro atoms. The predicted molar refractivity (Wildman–Crippen MR) is 114 cm³/mol. The summed E-state index contributed by atoms with van der Waals surface area (Å²) in [5, 5.41) is 0. The van der Waals surface area contributed by atoms with Gasteiger partial charge in [0.2, 0.25) is 0 Å². The largest absolute Gasteiger partial charge is 0.0991 e. The van der Waals surface area contributed by atoms with Crippen molar-refractivity contribution >= 4 is 5.57 Å². The van der Waals surface area contributed by atoms with Crippen molar-refractivity contribution in [3.05, 3.63) is 66.8 Å². The summed E-state index contributed by atoms with van der Waals surface area (Å²) in [6.07, 6.45) is 10.4. The Hall–Kier alpha value is -1.56. The second-order valence-electron chi connectivity index (χ2n) is 6.91. The van der Waals surface area contributed by atoms with E-state index in [1.807, 2.05) is 31.2 Å². The van der Waals surface area contributed by atoms with Gasteiger partial charge < -0.3 is 0 Å². The van der Waals surface area contributed by atoms with Gasteiger partial charge in [-0.15, -0.1) is 0 Å². The average Bonchev–Trinajstić information content (AvgIpc) is 2.58. The van der Waals surface area contributed by atoms with Crippen LogP contribution in [0.4, 0.5) is 0 Å². The molecule has 1 aromatic rings. The van der Waals surface area contributed by atoms with Crippen molar-refractivity contribution < 1.29 is 0 Å². The first kappa shape index (κ1) is 24.7. The number of hydrogen-bond donors (Lipinski definition) is 0. The molecule has 0 amide bonds. The fourth-order valence-electron chi connectivity index (χ4n) is 1.57. The molecular weight excluding hydrogens is 288 g/mol. The van der Waals surface area contributed by atoms with Gasteiger partial charge in [-0.25, -0.2) is 0 Å². The molecular formula is C24H40. The van der Waals surface area contributed by atoms with Crippen molar-refractivity contribution in [1.82, 2.24) is 0 Å². The molecule has 1 rings (SSSR count). The minimum atomic E-state index is 0.542. The van der Waals surface area contributed by atoms with Crippen molar-refractivity contribution in [2.45, 2.75) is 68.2 Å². The van der Waals surface area contributed by atoms with Crippen molar-refractivity contribution in [2.24, 2.45) is 11.3 Å². The summed E-state index contributed by atoms with van der Waals surface area (Å²) in [5.41, 5.74) is 3.00. The van der Waals surface area contributed by atoms with Gasteiger partial charge in [0.1, 0.15) is 0 Å². The minimum absolute atomic E-state index is 0.542. The number of benzene rings is 1. The molecule has 0 heterocycles. The van der Waals surface area contributed by atoms with Crippen molar-refractivity contribution in [1.29, 1.82) is 0 Å². The average molecular weight is 329 g/mol. The molecule has 0 bridgehead atoms. The van der Waals surface area contributed by atoms with Gasteiger partial charge in [-0.05, 0) is 29.4 Å². The molecule has 0 saturated heterocycles. The van der Waals surface area contributed by atoms with Gasteiger partial charge >= 0.3 is 0 Å². The standard InChI is InChI=1S/C13H14.C8H18.C3H8/c1-3-5-9-12(4-2)13-10-7-6-8-11-13;1-6-8(4,5)7(2)3;1-3-2/h3-11H,1H2,2H3;7H,6H2,1-5H3;3H2,1-2H3/b9-5-,12-4+;;. The van der Waals surface area contributed by atoms with E-state index < -0.39 is 0 Å². The van der Waals surface area contributed by atoms with Crippen LogP contribution in [0.5, 0.6) is 0 Å². The third-order valence-corrected chi connectivity index (χ3v) is 4.30. The summed E-state index contributed by atoms with van der Waals surface area (Å²) >= 11 is 0. The molecule has 0 aliphatic carbocycles. The van der Waals surface area contributed by atoms with Crippen molar-refractivity contribution in [3.8, 4) is 0 Å². The van der Waals surface area contributed by atoms with E-state index in [0.717, 1.165) is 5.92 Å². The van der Waals surface area contributed by atoms with E-state index in [0.29, 0.717) is 5.41 Å². The van der Waals surface area contributed by atoms with Crippen molar-refractivity contribution in [3.63, 3.8) is 0 Å². The van der Waals surface area contributed by atoms with Crippen LogP contribution in [0.2, 0.25) is 0 Å². The summed E-state index contributed by atoms with van der Waals surface area (Å²) in [5.74, 6) is 0.812. The first-order valence-corrected chi connectivity index (χ1v) is 9.31. The predicted octanol–water partition coefficient (Wildman–Crippen LogP) is 8.33. The maximum atomic E-state index is 3.65. The summed E-state index contributed by atoms with van der Waals surface area (Å²) in [6.45, 7) is 21.4. The third-order valence-electron chi connectivity index (χ3n) is 4.30. The van der Waals surface area contributed by atoms with Gasteiger partial charge in [-0.2, -0.15) is 0 Å². The Balaban J connectivity index is 0. The summed E-state index contributed by atoms with van der Waals surface area (Å²) in [4.78, 5) is 0. The molecule has 24 heavy (non-hydrogen) atoms. The van der Waals surface area contributed by atoms with Crippen LogP contribution < -0.4 is 0 Å². The Kier molecular flexibility index (Phi) is 15.4. The highest BCUT2D eigenvalue weighted by molar-refractivity contribution is 5.73. The smallest absolute Gasteiger partial charge is 0.0187 e. The highest BCUT2D eigenvalue weighted by atomic mass is 14.2. The molecule has 0 N–H and O–H groups in total. The van der Waals surface area contributed by atoms with Gasteiger partial charge in [0.05, 0.1) is 0 Å². The lowest BCUT2D eigenvalue weighted by molar-refractivity contribution is 0.240. The first-order chi connectivity index (χ1) is 11.3. The fraction of sp³-hybridized carbons (Fsp3) is 0.500. The Morgan fingerprint density at radius 3 is 1.88 bits per heavy atom. The molecule has 0 heteroatoms. The van der Waals surface area contributed by atoms with Crippen LogP contribution in [-0.4, -0.2) is 0 Å². The SMILES string of the molecule is C=C/C=C\C(=C/C)c1ccccc1.CCC.CCC(C)(C)C(C)C. The molecule has 0 radical (unpaired) electrons. The lowest BCUT2D eigenvalue weighted by Gasteiger charge is -2.27. The molecule has 0 aliphatic heterocycles. The molecule has 0 aromatic heterocycles. The summed E-state index contributed by atoms with van der Waals surface area (Å²) < 4.78 is 0. The molecule has 0 saturated carbocycles. The minimum Gasteiger partial charge on any atom is -0.0991 e. The van der Waals surface area contributed by atoms with Gasteiger partial charge in [0, 0.05) is 0 Å². The Labute approximate surface area is 152 Å². The Morgan fingerprint density at radius 1 is 1.08 bits per heavy atom. The molecule has 136 valence electrons. The summed E-state index contributed by atoms with van der Waals surface area (Å²) in [7, 11) is 0. The highest BCUT2D eigenvalue weighted by Crippen LogP contribution is 2.28. The molecule has 1 aromatic carbocycles. The molecule has 0 nitrogen and oxygen atoms in total. The number of allylic oxidation sites excluding steroid dienone is 5. The van der Waals surface area contributed by atoms with Gasteiger partial charge in [0.25, 0.3) is 0 Å². The maximum absolute atomic E-state index is 3.65. The second kappa shape index (κ2) is 15.0. The topological polar surface area (TPSA) is 0 Å². The number of rotatable bonds is 5. The highest BCUT2D eigenvalue weighted by Gasteiger charge is 2.18. The van der Waals surface area contributed by atoms with Crippen molar-refractivity contribution in [2.75, 3.05) is 0 Å². The van der Waals surface area contributed by atoms with E-state index in [1.165, 1.54) is 24.0 Å². The van der Waals surface area contributed by atoms with Crippen LogP contribution in [0.15, 0.2) is 61.2 Å². The quantitative estimate of drug-likeness (QED) is 0.476. The van der Waals surface area contributed by atoms with Crippen LogP contribution in [-0.2, 0) is 0 Å². The fourth-order valence-corrected chi connectivity index (χ4v) is 1.57. The second-order valence-corrected chi connectivity index (χ2v) is 6.91. The van der Waals surface area contributed by atoms with Gasteiger partial charge in [-0.3, -0.25) is 0 Å². The Bertz CT molecular complexity index is 458. The first-order valence-electron chi connectivity index (χ1n) is 9.31. The zero-order valence-electron chi connectivity index (χ0n) is 17.4. The van der Waals surface area contributed by atoms with Crippen LogP contribution in [0, 0.1) is 11.3 Å². The van der Waals surface area contributed by atoms with E-state index in [2.05, 4.69) is 79.3 Å². The lowest BCUT2D eigenvalue weighted by atomic mass is 9.79. The zero-order chi connectivity index (χ0) is 19.0. The molecule has 0 unspecified atom stereocenters. The molecule has 0 fully saturated rings. The Morgan fingerprint density at radius 2 is 1.58 bits per heavy atom. The van der Waals surface area contributed by atoms with E-state index in [1.54, 1.807) is 6.08 Å². The van der Waals surface area contributed by atoms with Crippen LogP contribution >= 0.6 is 0 Å². The van der Waals surface area contributed by atoms with Crippen LogP contribution in [0.3, 0.4) is 0 Å². The third kappa shape index (κ3) is 11.9. The number of hydrogen-bond acceptors (Lipinski definition) is 0. The summed E-state index contributed by atoms with van der Waals surface area (Å²) in [6, 6.07) is 10.3. The van der Waals surface area contributed by atoms with Gasteiger partial charge in [-0.1, -0.05) is 123 Å². The maximum Gasteiger partial charge on any atom is -0.0187 e.